The van der Waals surface area contributed by atoms with Crippen LogP contribution < -0.4 is 15.6 Å². The van der Waals surface area contributed by atoms with Gasteiger partial charge in [-0.2, -0.15) is 0 Å². The summed E-state index contributed by atoms with van der Waals surface area (Å²) < 4.78 is 6.77. The fourth-order valence-electron chi connectivity index (χ4n) is 4.94. The van der Waals surface area contributed by atoms with Crippen LogP contribution in [-0.4, -0.2) is 27.8 Å². The van der Waals surface area contributed by atoms with Crippen molar-refractivity contribution in [2.24, 2.45) is 0 Å². The Bertz CT molecular complexity index is 1570. The SMILES string of the molecule is CC(C(=O)c1ccc2c(c1)NC(=O)CO2)n1cnc2scc(-c3ccc4c(c3)CCCC4)c2c1=O. The molecule has 2 aliphatic rings. The average molecular weight is 486 g/mol. The van der Waals surface area contributed by atoms with Crippen molar-refractivity contribution in [2.45, 2.75) is 38.6 Å². The van der Waals surface area contributed by atoms with E-state index in [2.05, 4.69) is 28.5 Å². The second-order valence-electron chi connectivity index (χ2n) is 9.07. The predicted molar refractivity (Wildman–Crippen MR) is 136 cm³/mol. The zero-order chi connectivity index (χ0) is 24.1. The Morgan fingerprint density at radius 1 is 1.11 bits per heavy atom. The van der Waals surface area contributed by atoms with Crippen molar-refractivity contribution >= 4 is 38.9 Å². The molecule has 2 aromatic carbocycles. The molecule has 8 heteroatoms. The minimum Gasteiger partial charge on any atom is -0.482 e. The summed E-state index contributed by atoms with van der Waals surface area (Å²) in [5.74, 6) is -0.00311. The van der Waals surface area contributed by atoms with Gasteiger partial charge >= 0.3 is 0 Å². The van der Waals surface area contributed by atoms with Gasteiger partial charge in [-0.3, -0.25) is 19.0 Å². The number of benzene rings is 2. The van der Waals surface area contributed by atoms with Gasteiger partial charge in [-0.15, -0.1) is 11.3 Å². The highest BCUT2D eigenvalue weighted by atomic mass is 32.1. The lowest BCUT2D eigenvalue weighted by Crippen LogP contribution is -2.29. The Morgan fingerprint density at radius 3 is 2.80 bits per heavy atom. The van der Waals surface area contributed by atoms with E-state index in [4.69, 9.17) is 4.74 Å². The van der Waals surface area contributed by atoms with Gasteiger partial charge in [-0.05, 0) is 67.5 Å². The minimum absolute atomic E-state index is 0.0506. The summed E-state index contributed by atoms with van der Waals surface area (Å²) in [6.07, 6.45) is 6.02. The Labute approximate surface area is 205 Å². The molecule has 6 rings (SSSR count). The normalized spacial score (nSPS) is 15.6. The van der Waals surface area contributed by atoms with E-state index >= 15 is 0 Å². The molecule has 1 atom stereocenters. The molecule has 4 aromatic rings. The summed E-state index contributed by atoms with van der Waals surface area (Å²) in [7, 11) is 0. The summed E-state index contributed by atoms with van der Waals surface area (Å²) in [6, 6.07) is 10.6. The van der Waals surface area contributed by atoms with Crippen LogP contribution >= 0.6 is 11.3 Å². The lowest BCUT2D eigenvalue weighted by molar-refractivity contribution is -0.118. The smallest absolute Gasteiger partial charge is 0.263 e. The Hall–Kier alpha value is -3.78. The topological polar surface area (TPSA) is 90.3 Å². The second-order valence-corrected chi connectivity index (χ2v) is 9.92. The summed E-state index contributed by atoms with van der Waals surface area (Å²) in [6.45, 7) is 1.64. The third kappa shape index (κ3) is 3.74. The second kappa shape index (κ2) is 8.46. The van der Waals surface area contributed by atoms with Gasteiger partial charge in [0.2, 0.25) is 0 Å². The van der Waals surface area contributed by atoms with Crippen molar-refractivity contribution in [3.05, 3.63) is 75.1 Å². The first-order valence-electron chi connectivity index (χ1n) is 11.7. The molecular formula is C27H23N3O4S. The number of nitrogens with zero attached hydrogens (tertiary/aromatic N) is 2. The first-order chi connectivity index (χ1) is 17.0. The van der Waals surface area contributed by atoms with Crippen LogP contribution in [-0.2, 0) is 17.6 Å². The summed E-state index contributed by atoms with van der Waals surface area (Å²) in [5, 5.41) is 5.24. The first-order valence-corrected chi connectivity index (χ1v) is 12.6. The summed E-state index contributed by atoms with van der Waals surface area (Å²) >= 11 is 1.44. The highest BCUT2D eigenvalue weighted by molar-refractivity contribution is 7.17. The number of anilines is 1. The van der Waals surface area contributed by atoms with E-state index < -0.39 is 6.04 Å². The number of thiophene rings is 1. The Kier molecular flexibility index (Phi) is 5.25. The van der Waals surface area contributed by atoms with Gasteiger partial charge in [0.25, 0.3) is 11.5 Å². The zero-order valence-electron chi connectivity index (χ0n) is 19.2. The summed E-state index contributed by atoms with van der Waals surface area (Å²) in [4.78, 5) is 43.8. The highest BCUT2D eigenvalue weighted by Gasteiger charge is 2.24. The molecule has 176 valence electrons. The average Bonchev–Trinajstić information content (AvgIpc) is 3.32. The molecule has 2 aromatic heterocycles. The van der Waals surface area contributed by atoms with Crippen LogP contribution in [0.4, 0.5) is 5.69 Å². The third-order valence-corrected chi connectivity index (χ3v) is 7.76. The maximum atomic E-state index is 13.6. The minimum atomic E-state index is -0.769. The van der Waals surface area contributed by atoms with Gasteiger partial charge in [0.15, 0.2) is 12.4 Å². The molecule has 1 N–H and O–H groups in total. The molecule has 0 saturated heterocycles. The third-order valence-electron chi connectivity index (χ3n) is 6.87. The predicted octanol–water partition coefficient (Wildman–Crippen LogP) is 4.78. The van der Waals surface area contributed by atoms with E-state index in [9.17, 15) is 14.4 Å². The van der Waals surface area contributed by atoms with E-state index in [-0.39, 0.29) is 23.9 Å². The maximum absolute atomic E-state index is 13.6. The monoisotopic (exact) mass is 485 g/mol. The molecule has 1 amide bonds. The van der Waals surface area contributed by atoms with Gasteiger partial charge in [0.05, 0.1) is 23.4 Å². The lowest BCUT2D eigenvalue weighted by Gasteiger charge is -2.19. The van der Waals surface area contributed by atoms with Gasteiger partial charge < -0.3 is 10.1 Å². The number of hydrogen-bond donors (Lipinski definition) is 1. The van der Waals surface area contributed by atoms with Gasteiger partial charge in [0.1, 0.15) is 10.6 Å². The molecular weight excluding hydrogens is 462 g/mol. The number of aromatic nitrogens is 2. The van der Waals surface area contributed by atoms with E-state index in [0.717, 1.165) is 24.0 Å². The standard InChI is InChI=1S/C27H23N3O4S/c1-15(25(32)19-8-9-22-21(11-19)29-23(31)12-34-22)30-14-28-26-24(27(30)33)20(13-35-26)18-7-6-16-4-2-3-5-17(16)10-18/h6-11,13-15H,2-5,12H2,1H3,(H,29,31). The number of rotatable bonds is 4. The molecule has 35 heavy (non-hydrogen) atoms. The lowest BCUT2D eigenvalue weighted by atomic mass is 9.89. The molecule has 0 spiro atoms. The van der Waals surface area contributed by atoms with E-state index in [0.29, 0.717) is 27.2 Å². The van der Waals surface area contributed by atoms with Crippen molar-refractivity contribution in [1.29, 1.82) is 0 Å². The maximum Gasteiger partial charge on any atom is 0.263 e. The number of carbonyl (C=O) groups excluding carboxylic acids is 2. The van der Waals surface area contributed by atoms with Crippen molar-refractivity contribution in [3.63, 3.8) is 0 Å². The van der Waals surface area contributed by atoms with Crippen LogP contribution in [0.15, 0.2) is 52.9 Å². The Balaban J connectivity index is 1.38. The number of Topliss-reactive ketones (excluding diaryl/α,β-unsaturated/α-hetero) is 1. The number of ether oxygens (including phenoxy) is 1. The van der Waals surface area contributed by atoms with Gasteiger partial charge in [0, 0.05) is 16.5 Å². The largest absolute Gasteiger partial charge is 0.482 e. The number of carbonyl (C=O) groups is 2. The molecule has 0 fully saturated rings. The quantitative estimate of drug-likeness (QED) is 0.420. The molecule has 1 aliphatic carbocycles. The number of fused-ring (bicyclic) bond motifs is 3. The van der Waals surface area contributed by atoms with Crippen LogP contribution in [0.1, 0.15) is 47.3 Å². The molecule has 0 radical (unpaired) electrons. The van der Waals surface area contributed by atoms with Gasteiger partial charge in [-0.1, -0.05) is 18.2 Å². The molecule has 0 saturated carbocycles. The van der Waals surface area contributed by atoms with Crippen LogP contribution in [0.25, 0.3) is 21.3 Å². The number of amides is 1. The fourth-order valence-corrected chi connectivity index (χ4v) is 5.85. The van der Waals surface area contributed by atoms with Crippen molar-refractivity contribution < 1.29 is 14.3 Å². The molecule has 7 nitrogen and oxygen atoms in total. The highest BCUT2D eigenvalue weighted by Crippen LogP contribution is 2.34. The zero-order valence-corrected chi connectivity index (χ0v) is 20.0. The molecule has 1 unspecified atom stereocenters. The van der Waals surface area contributed by atoms with Crippen LogP contribution in [0, 0.1) is 0 Å². The first kappa shape index (κ1) is 21.7. The molecule has 1 aliphatic heterocycles. The number of aryl methyl sites for hydroxylation is 2. The van der Waals surface area contributed by atoms with Crippen molar-refractivity contribution in [1.82, 2.24) is 9.55 Å². The number of ketones is 1. The van der Waals surface area contributed by atoms with E-state index in [1.807, 2.05) is 5.38 Å². The van der Waals surface area contributed by atoms with Crippen LogP contribution in [0.5, 0.6) is 5.75 Å². The van der Waals surface area contributed by atoms with Crippen LogP contribution in [0.2, 0.25) is 0 Å². The van der Waals surface area contributed by atoms with E-state index in [1.165, 1.54) is 46.2 Å². The number of hydrogen-bond acceptors (Lipinski definition) is 6. The summed E-state index contributed by atoms with van der Waals surface area (Å²) in [5.41, 5.74) is 5.21. The fraction of sp³-hybridized carbons (Fsp3) is 0.259. The molecule has 0 bridgehead atoms. The van der Waals surface area contributed by atoms with Crippen molar-refractivity contribution in [3.8, 4) is 16.9 Å². The molecule has 3 heterocycles. The van der Waals surface area contributed by atoms with Crippen LogP contribution in [0.3, 0.4) is 0 Å². The number of nitrogens with one attached hydrogen (secondary N) is 1. The van der Waals surface area contributed by atoms with Crippen molar-refractivity contribution in [2.75, 3.05) is 11.9 Å². The Morgan fingerprint density at radius 2 is 1.94 bits per heavy atom. The van der Waals surface area contributed by atoms with Gasteiger partial charge in [-0.25, -0.2) is 4.98 Å². The van der Waals surface area contributed by atoms with E-state index in [1.54, 1.807) is 25.1 Å².